The second-order valence-electron chi connectivity index (χ2n) is 10.2. The highest BCUT2D eigenvalue weighted by Gasteiger charge is 2.48. The molecule has 4 heterocycles. The minimum absolute atomic E-state index is 0.0391. The number of benzene rings is 2. The number of fused-ring (bicyclic) bond motifs is 1. The van der Waals surface area contributed by atoms with Gasteiger partial charge in [-0.2, -0.15) is 0 Å². The fourth-order valence-electron chi connectivity index (χ4n) is 5.34. The summed E-state index contributed by atoms with van der Waals surface area (Å²) in [5.41, 5.74) is 3.74. The van der Waals surface area contributed by atoms with Crippen molar-refractivity contribution in [3.8, 4) is 34.0 Å². The SMILES string of the molecule is COc1ccc2c(c1)C(=O)N(C[C@@]1(CCc3ccc(-c4nc(-c5cccnc5)ccc4O)cc3)NC(=O)NC1=O)C2. The number of ether oxygens (including phenoxy) is 1. The second-order valence-corrected chi connectivity index (χ2v) is 10.2. The third-order valence-electron chi connectivity index (χ3n) is 7.57. The maximum Gasteiger partial charge on any atom is 0.322 e. The van der Waals surface area contributed by atoms with E-state index in [0.717, 1.165) is 22.3 Å². The molecule has 1 fully saturated rings. The van der Waals surface area contributed by atoms with Gasteiger partial charge in [0.05, 0.1) is 19.3 Å². The number of nitrogens with one attached hydrogen (secondary N) is 2. The van der Waals surface area contributed by atoms with Gasteiger partial charge in [0.25, 0.3) is 11.8 Å². The Balaban J connectivity index is 1.19. The first kappa shape index (κ1) is 26.0. The van der Waals surface area contributed by atoms with Gasteiger partial charge in [-0.05, 0) is 60.4 Å². The molecule has 2 aliphatic rings. The number of pyridine rings is 2. The van der Waals surface area contributed by atoms with E-state index < -0.39 is 17.5 Å². The number of urea groups is 1. The molecule has 1 saturated heterocycles. The van der Waals surface area contributed by atoms with Crippen LogP contribution in [-0.4, -0.2) is 57.0 Å². The number of carbonyl (C=O) groups excluding carboxylic acids is 3. The molecule has 10 heteroatoms. The van der Waals surface area contributed by atoms with Gasteiger partial charge in [-0.25, -0.2) is 9.78 Å². The molecule has 4 amide bonds. The predicted molar refractivity (Wildman–Crippen MR) is 150 cm³/mol. The lowest BCUT2D eigenvalue weighted by atomic mass is 9.90. The summed E-state index contributed by atoms with van der Waals surface area (Å²) in [7, 11) is 1.54. The van der Waals surface area contributed by atoms with Gasteiger partial charge in [0.1, 0.15) is 22.7 Å². The zero-order chi connectivity index (χ0) is 28.6. The van der Waals surface area contributed by atoms with Crippen LogP contribution >= 0.6 is 0 Å². The first-order chi connectivity index (χ1) is 19.8. The number of aromatic hydroxyl groups is 1. The summed E-state index contributed by atoms with van der Waals surface area (Å²) < 4.78 is 5.25. The summed E-state index contributed by atoms with van der Waals surface area (Å²) in [4.78, 5) is 48.8. The normalized spacial score (nSPS) is 17.8. The highest BCUT2D eigenvalue weighted by Crippen LogP contribution is 2.32. The maximum absolute atomic E-state index is 13.2. The quantitative estimate of drug-likeness (QED) is 0.286. The number of imide groups is 1. The van der Waals surface area contributed by atoms with Gasteiger partial charge >= 0.3 is 6.03 Å². The van der Waals surface area contributed by atoms with Crippen LogP contribution in [0.15, 0.2) is 79.1 Å². The number of amides is 4. The molecule has 41 heavy (non-hydrogen) atoms. The molecule has 4 aromatic rings. The van der Waals surface area contributed by atoms with Crippen LogP contribution in [-0.2, 0) is 17.8 Å². The van der Waals surface area contributed by atoms with Crippen molar-refractivity contribution in [3.63, 3.8) is 0 Å². The van der Waals surface area contributed by atoms with Crippen LogP contribution in [0.25, 0.3) is 22.5 Å². The first-order valence-electron chi connectivity index (χ1n) is 13.1. The molecular weight excluding hydrogens is 522 g/mol. The Morgan fingerprint density at radius 1 is 1.02 bits per heavy atom. The van der Waals surface area contributed by atoms with Gasteiger partial charge in [-0.3, -0.25) is 19.9 Å². The second kappa shape index (κ2) is 10.4. The molecule has 0 aliphatic carbocycles. The maximum atomic E-state index is 13.2. The Kier molecular flexibility index (Phi) is 6.58. The largest absolute Gasteiger partial charge is 0.506 e. The predicted octanol–water partition coefficient (Wildman–Crippen LogP) is 3.69. The molecular formula is C31H27N5O5. The van der Waals surface area contributed by atoms with Crippen molar-refractivity contribution < 1.29 is 24.2 Å². The van der Waals surface area contributed by atoms with Crippen LogP contribution < -0.4 is 15.4 Å². The molecule has 3 N–H and O–H groups in total. The Morgan fingerprint density at radius 2 is 1.85 bits per heavy atom. The molecule has 0 bridgehead atoms. The number of nitrogens with zero attached hydrogens (tertiary/aromatic N) is 3. The van der Waals surface area contributed by atoms with Crippen molar-refractivity contribution in [2.45, 2.75) is 24.9 Å². The fourth-order valence-corrected chi connectivity index (χ4v) is 5.34. The lowest BCUT2D eigenvalue weighted by Crippen LogP contribution is -2.55. The molecule has 2 aliphatic heterocycles. The van der Waals surface area contributed by atoms with Crippen LogP contribution in [0.3, 0.4) is 0 Å². The van der Waals surface area contributed by atoms with Gasteiger partial charge in [0.2, 0.25) is 0 Å². The Labute approximate surface area is 236 Å². The van der Waals surface area contributed by atoms with Crippen LogP contribution in [0, 0.1) is 0 Å². The number of aryl methyl sites for hydroxylation is 1. The van der Waals surface area contributed by atoms with Crippen LogP contribution in [0.5, 0.6) is 11.5 Å². The third kappa shape index (κ3) is 4.95. The van der Waals surface area contributed by atoms with E-state index >= 15 is 0 Å². The van der Waals surface area contributed by atoms with E-state index in [2.05, 4.69) is 20.6 Å². The van der Waals surface area contributed by atoms with E-state index in [9.17, 15) is 19.5 Å². The molecule has 0 saturated carbocycles. The third-order valence-corrected chi connectivity index (χ3v) is 7.57. The highest BCUT2D eigenvalue weighted by molar-refractivity contribution is 6.08. The van der Waals surface area contributed by atoms with Crippen molar-refractivity contribution in [2.24, 2.45) is 0 Å². The zero-order valence-electron chi connectivity index (χ0n) is 22.3. The zero-order valence-corrected chi connectivity index (χ0v) is 22.3. The van der Waals surface area contributed by atoms with Crippen LogP contribution in [0.4, 0.5) is 4.79 Å². The molecule has 0 spiro atoms. The smallest absolute Gasteiger partial charge is 0.322 e. The minimum atomic E-state index is -1.27. The standard InChI is InChI=1S/C31H27N5O5/c1-41-23-9-8-22-17-36(28(38)24(22)15-23)18-31(29(39)34-30(40)35-31)13-12-19-4-6-20(7-5-19)27-26(37)11-10-25(33-27)21-3-2-14-32-16-21/h2-11,14-16,37H,12-13,17-18H2,1H3,(H2,34,35,39,40)/t31-/m1/s1. The summed E-state index contributed by atoms with van der Waals surface area (Å²) in [5.74, 6) is -0.0286. The highest BCUT2D eigenvalue weighted by atomic mass is 16.5. The van der Waals surface area contributed by atoms with Gasteiger partial charge in [-0.1, -0.05) is 30.3 Å². The monoisotopic (exact) mass is 549 g/mol. The summed E-state index contributed by atoms with van der Waals surface area (Å²) in [6.07, 6.45) is 4.15. The van der Waals surface area contributed by atoms with Crippen molar-refractivity contribution in [3.05, 3.63) is 95.8 Å². The molecule has 206 valence electrons. The molecule has 1 atom stereocenters. The molecule has 2 aromatic heterocycles. The van der Waals surface area contributed by atoms with Gasteiger partial charge in [0.15, 0.2) is 0 Å². The number of hydrogen-bond acceptors (Lipinski definition) is 7. The van der Waals surface area contributed by atoms with E-state index in [1.165, 1.54) is 7.11 Å². The fraction of sp³-hybridized carbons (Fsp3) is 0.194. The van der Waals surface area contributed by atoms with Crippen molar-refractivity contribution >= 4 is 17.8 Å². The Hall–Kier alpha value is -5.25. The molecule has 0 unspecified atom stereocenters. The van der Waals surface area contributed by atoms with Gasteiger partial charge < -0.3 is 20.1 Å². The van der Waals surface area contributed by atoms with Crippen molar-refractivity contribution in [2.75, 3.05) is 13.7 Å². The van der Waals surface area contributed by atoms with Gasteiger partial charge in [-0.15, -0.1) is 0 Å². The number of methoxy groups -OCH3 is 1. The molecule has 0 radical (unpaired) electrons. The molecule has 6 rings (SSSR count). The minimum Gasteiger partial charge on any atom is -0.506 e. The Morgan fingerprint density at radius 3 is 2.56 bits per heavy atom. The summed E-state index contributed by atoms with van der Waals surface area (Å²) >= 11 is 0. The average molecular weight is 550 g/mol. The van der Waals surface area contributed by atoms with E-state index in [1.54, 1.807) is 41.6 Å². The average Bonchev–Trinajstić information content (AvgIpc) is 3.46. The van der Waals surface area contributed by atoms with Crippen molar-refractivity contribution in [1.82, 2.24) is 25.5 Å². The summed E-state index contributed by atoms with van der Waals surface area (Å²) in [6.45, 7) is 0.379. The van der Waals surface area contributed by atoms with E-state index in [4.69, 9.17) is 4.74 Å². The topological polar surface area (TPSA) is 134 Å². The van der Waals surface area contributed by atoms with Gasteiger partial charge in [0, 0.05) is 35.6 Å². The van der Waals surface area contributed by atoms with E-state index in [1.807, 2.05) is 42.5 Å². The van der Waals surface area contributed by atoms with Crippen LogP contribution in [0.2, 0.25) is 0 Å². The number of aromatic nitrogens is 2. The van der Waals surface area contributed by atoms with Crippen molar-refractivity contribution in [1.29, 1.82) is 0 Å². The van der Waals surface area contributed by atoms with E-state index in [0.29, 0.717) is 35.7 Å². The lowest BCUT2D eigenvalue weighted by Gasteiger charge is -2.31. The number of rotatable bonds is 8. The summed E-state index contributed by atoms with van der Waals surface area (Å²) in [6, 6.07) is 19.4. The van der Waals surface area contributed by atoms with Crippen LogP contribution in [0.1, 0.15) is 27.9 Å². The summed E-state index contributed by atoms with van der Waals surface area (Å²) in [5, 5.41) is 15.6. The first-order valence-corrected chi connectivity index (χ1v) is 13.1. The molecule has 10 nitrogen and oxygen atoms in total. The van der Waals surface area contributed by atoms with E-state index in [-0.39, 0.29) is 24.6 Å². The number of hydrogen-bond donors (Lipinski definition) is 3. The molecule has 2 aromatic carbocycles. The lowest BCUT2D eigenvalue weighted by molar-refractivity contribution is -0.124. The number of carbonyl (C=O) groups is 3. The Bertz CT molecular complexity index is 1660.